The monoisotopic (exact) mass is 674 g/mol. The third-order valence-electron chi connectivity index (χ3n) is 7.54. The molecule has 2 atom stereocenters. The second-order valence-electron chi connectivity index (χ2n) is 11.3. The Balaban J connectivity index is 1.39. The highest BCUT2D eigenvalue weighted by Gasteiger charge is 2.42. The molecular weight excluding hydrogens is 642 g/mol. The lowest BCUT2D eigenvalue weighted by molar-refractivity contribution is -0.128. The number of nitrogens with zero attached hydrogens (tertiary/aromatic N) is 4. The van der Waals surface area contributed by atoms with Gasteiger partial charge in [-0.3, -0.25) is 19.6 Å². The van der Waals surface area contributed by atoms with Gasteiger partial charge in [-0.05, 0) is 36.6 Å². The summed E-state index contributed by atoms with van der Waals surface area (Å²) in [5.41, 5.74) is 1.65. The van der Waals surface area contributed by atoms with Crippen LogP contribution in [0.3, 0.4) is 0 Å². The molecule has 244 valence electrons. The van der Waals surface area contributed by atoms with Gasteiger partial charge in [-0.15, -0.1) is 11.3 Å². The molecule has 0 spiro atoms. The van der Waals surface area contributed by atoms with Crippen molar-refractivity contribution in [2.75, 3.05) is 30.5 Å². The minimum atomic E-state index is -4.56. The molecule has 5 rings (SSSR count). The van der Waals surface area contributed by atoms with Crippen LogP contribution in [0.5, 0.6) is 0 Å². The number of allylic oxidation sites excluding steroid dienone is 1. The van der Waals surface area contributed by atoms with E-state index in [-0.39, 0.29) is 28.1 Å². The molecule has 2 aliphatic heterocycles. The first-order valence-electron chi connectivity index (χ1n) is 14.4. The van der Waals surface area contributed by atoms with Crippen molar-refractivity contribution in [1.29, 1.82) is 0 Å². The Morgan fingerprint density at radius 3 is 2.37 bits per heavy atom. The van der Waals surface area contributed by atoms with Crippen LogP contribution in [0.2, 0.25) is 0 Å². The Morgan fingerprint density at radius 1 is 1.04 bits per heavy atom. The predicted octanol–water partition coefficient (Wildman–Crippen LogP) is 4.51. The van der Waals surface area contributed by atoms with E-state index in [1.54, 1.807) is 19.2 Å². The van der Waals surface area contributed by atoms with Gasteiger partial charge in [-0.25, -0.2) is 13.4 Å². The maximum atomic E-state index is 13.7. The molecule has 10 nitrogen and oxygen atoms in total. The molecule has 0 bridgehead atoms. The van der Waals surface area contributed by atoms with Crippen molar-refractivity contribution in [3.63, 3.8) is 0 Å². The highest BCUT2D eigenvalue weighted by atomic mass is 32.2. The maximum Gasteiger partial charge on any atom is 0.432 e. The normalized spacial score (nSPS) is 17.9. The van der Waals surface area contributed by atoms with Crippen LogP contribution in [-0.4, -0.2) is 70.0 Å². The molecule has 2 aromatic carbocycles. The van der Waals surface area contributed by atoms with E-state index >= 15 is 0 Å². The lowest BCUT2D eigenvalue weighted by atomic mass is 10.0. The van der Waals surface area contributed by atoms with Crippen molar-refractivity contribution in [2.45, 2.75) is 42.9 Å². The topological polar surface area (TPSA) is 114 Å². The zero-order valence-corrected chi connectivity index (χ0v) is 27.1. The van der Waals surface area contributed by atoms with Crippen LogP contribution >= 0.6 is 11.3 Å². The molecule has 46 heavy (non-hydrogen) atoms. The van der Waals surface area contributed by atoms with E-state index in [0.29, 0.717) is 17.0 Å². The number of aliphatic imine (C=N–C) groups is 1. The van der Waals surface area contributed by atoms with Crippen LogP contribution in [0.25, 0.3) is 0 Å². The SMILES string of the molecule is CC(C)CC(NS(=O)(=O)c1ccc(N2CC=C(C(F)(F)F)N2C)s1)C(=O)NC1N=C(c2ccccc2)c2ccccc2N(C)C1=O. The van der Waals surface area contributed by atoms with Crippen molar-refractivity contribution in [2.24, 2.45) is 10.9 Å². The number of sulfonamides is 1. The molecule has 3 heterocycles. The van der Waals surface area contributed by atoms with E-state index in [2.05, 4.69) is 15.0 Å². The molecule has 2 N–H and O–H groups in total. The quantitative estimate of drug-likeness (QED) is 0.346. The lowest BCUT2D eigenvalue weighted by Crippen LogP contribution is -2.53. The average molecular weight is 675 g/mol. The fourth-order valence-corrected chi connectivity index (χ4v) is 7.85. The summed E-state index contributed by atoms with van der Waals surface area (Å²) in [6.07, 6.45) is -4.79. The number of para-hydroxylation sites is 1. The van der Waals surface area contributed by atoms with E-state index in [4.69, 9.17) is 0 Å². The first kappa shape index (κ1) is 33.2. The van der Waals surface area contributed by atoms with Crippen LogP contribution < -0.4 is 19.9 Å². The lowest BCUT2D eigenvalue weighted by Gasteiger charge is -2.29. The largest absolute Gasteiger partial charge is 0.432 e. The number of nitrogens with one attached hydrogen (secondary N) is 2. The first-order chi connectivity index (χ1) is 21.7. The first-order valence-corrected chi connectivity index (χ1v) is 16.7. The number of benzodiazepines with no additional fused rings is 1. The molecule has 0 saturated carbocycles. The summed E-state index contributed by atoms with van der Waals surface area (Å²) in [4.78, 5) is 33.4. The minimum absolute atomic E-state index is 0.0869. The van der Waals surface area contributed by atoms with Gasteiger partial charge >= 0.3 is 6.18 Å². The van der Waals surface area contributed by atoms with Gasteiger partial charge in [0, 0.05) is 25.2 Å². The van der Waals surface area contributed by atoms with Crippen LogP contribution in [0.15, 0.2) is 87.7 Å². The number of thiophene rings is 1. The number of carbonyl (C=O) groups is 2. The summed E-state index contributed by atoms with van der Waals surface area (Å²) in [6.45, 7) is 3.55. The summed E-state index contributed by atoms with van der Waals surface area (Å²) >= 11 is 0.775. The summed E-state index contributed by atoms with van der Waals surface area (Å²) in [7, 11) is -1.47. The van der Waals surface area contributed by atoms with Gasteiger partial charge in [0.15, 0.2) is 0 Å². The van der Waals surface area contributed by atoms with E-state index < -0.39 is 45.9 Å². The van der Waals surface area contributed by atoms with E-state index in [1.165, 1.54) is 29.1 Å². The third-order valence-corrected chi connectivity index (χ3v) is 10.6. The van der Waals surface area contributed by atoms with Crippen molar-refractivity contribution in [1.82, 2.24) is 15.0 Å². The van der Waals surface area contributed by atoms with Crippen molar-refractivity contribution >= 4 is 49.6 Å². The highest BCUT2D eigenvalue weighted by Crippen LogP contribution is 2.38. The molecule has 2 amide bonds. The fraction of sp³-hybridized carbons (Fsp3) is 0.323. The Labute approximate surface area is 269 Å². The predicted molar refractivity (Wildman–Crippen MR) is 171 cm³/mol. The molecule has 2 aliphatic rings. The highest BCUT2D eigenvalue weighted by molar-refractivity contribution is 7.91. The molecule has 1 aromatic heterocycles. The van der Waals surface area contributed by atoms with Gasteiger partial charge in [-0.2, -0.15) is 17.9 Å². The Morgan fingerprint density at radius 2 is 1.72 bits per heavy atom. The number of benzene rings is 2. The Hall–Kier alpha value is -4.21. The summed E-state index contributed by atoms with van der Waals surface area (Å²) in [5, 5.41) is 5.16. The van der Waals surface area contributed by atoms with Gasteiger partial charge in [0.2, 0.25) is 12.1 Å². The third kappa shape index (κ3) is 6.81. The second kappa shape index (κ2) is 12.9. The summed E-state index contributed by atoms with van der Waals surface area (Å²) in [5.74, 6) is -1.38. The molecule has 3 aromatic rings. The van der Waals surface area contributed by atoms with E-state index in [1.807, 2.05) is 56.3 Å². The maximum absolute atomic E-state index is 13.7. The van der Waals surface area contributed by atoms with Gasteiger partial charge in [0.05, 0.1) is 17.9 Å². The number of hydrogen-bond acceptors (Lipinski definition) is 8. The van der Waals surface area contributed by atoms with Crippen molar-refractivity contribution < 1.29 is 31.2 Å². The summed E-state index contributed by atoms with van der Waals surface area (Å²) in [6, 6.07) is 17.9. The molecule has 0 radical (unpaired) electrons. The van der Waals surface area contributed by atoms with Crippen molar-refractivity contribution in [3.05, 3.63) is 89.6 Å². The fourth-order valence-electron chi connectivity index (χ4n) is 5.29. The molecule has 0 fully saturated rings. The van der Waals surface area contributed by atoms with Gasteiger partial charge in [0.25, 0.3) is 15.9 Å². The van der Waals surface area contributed by atoms with E-state index in [9.17, 15) is 31.2 Å². The average Bonchev–Trinajstić information content (AvgIpc) is 3.63. The number of rotatable bonds is 9. The molecular formula is C31H33F3N6O4S2. The summed E-state index contributed by atoms with van der Waals surface area (Å²) < 4.78 is 69.2. The van der Waals surface area contributed by atoms with E-state index in [0.717, 1.165) is 28.0 Å². The zero-order valence-electron chi connectivity index (χ0n) is 25.4. The molecule has 2 unspecified atom stereocenters. The van der Waals surface area contributed by atoms with Crippen LogP contribution in [0.1, 0.15) is 31.4 Å². The number of likely N-dealkylation sites (N-methyl/N-ethyl adjacent to an activating group) is 1. The number of hydrogen-bond donors (Lipinski definition) is 2. The number of halogens is 3. The molecule has 0 aliphatic carbocycles. The van der Waals surface area contributed by atoms with Crippen LogP contribution in [0.4, 0.5) is 23.9 Å². The number of hydrazine groups is 1. The van der Waals surface area contributed by atoms with Gasteiger partial charge in [0.1, 0.15) is 20.9 Å². The number of alkyl halides is 3. The number of carbonyl (C=O) groups excluding carboxylic acids is 2. The minimum Gasteiger partial charge on any atom is -0.325 e. The number of amides is 2. The number of anilines is 2. The van der Waals surface area contributed by atoms with Crippen LogP contribution in [0, 0.1) is 5.92 Å². The molecule has 0 saturated heterocycles. The van der Waals surface area contributed by atoms with Gasteiger partial charge < -0.3 is 10.2 Å². The standard InChI is InChI=1S/C31H33F3N6O4S2/c1-19(2)18-22(37-46(43,44)26-15-14-25(45-26)40-17-16-24(39(40)4)31(32,33)34)29(41)36-28-30(42)38(3)23-13-9-8-12-21(23)27(35-28)20-10-6-5-7-11-20/h5-16,19,22,28,37H,17-18H2,1-4H3,(H,36,41). The van der Waals surface area contributed by atoms with Gasteiger partial charge in [-0.1, -0.05) is 62.4 Å². The smallest absolute Gasteiger partial charge is 0.325 e. The van der Waals surface area contributed by atoms with Crippen molar-refractivity contribution in [3.8, 4) is 0 Å². The van der Waals surface area contributed by atoms with Crippen LogP contribution in [-0.2, 0) is 19.6 Å². The second-order valence-corrected chi connectivity index (χ2v) is 14.3. The Kier molecular flexibility index (Phi) is 9.29. The number of fused-ring (bicyclic) bond motifs is 1. The Bertz CT molecular complexity index is 1790. The zero-order chi connectivity index (χ0) is 33.4. The molecule has 15 heteroatoms.